The quantitative estimate of drug-likeness (QED) is 0.620. The molecule has 2 aromatic heterocycles. The normalized spacial score (nSPS) is 11.5. The van der Waals surface area contributed by atoms with Gasteiger partial charge in [0.1, 0.15) is 5.01 Å². The van der Waals surface area contributed by atoms with Gasteiger partial charge in [-0.05, 0) is 6.42 Å². The first-order chi connectivity index (χ1) is 10.8. The Morgan fingerprint density at radius 1 is 1.43 bits per heavy atom. The highest BCUT2D eigenvalue weighted by molar-refractivity contribution is 7.99. The van der Waals surface area contributed by atoms with Gasteiger partial charge in [0, 0.05) is 6.07 Å². The van der Waals surface area contributed by atoms with Crippen LogP contribution in [0.1, 0.15) is 17.6 Å². The van der Waals surface area contributed by atoms with Crippen LogP contribution in [0.2, 0.25) is 0 Å². The lowest BCUT2D eigenvalue weighted by molar-refractivity contribution is -0.141. The summed E-state index contributed by atoms with van der Waals surface area (Å²) in [7, 11) is 0. The minimum Gasteiger partial charge on any atom is -0.301 e. The van der Waals surface area contributed by atoms with Crippen molar-refractivity contribution < 1.29 is 18.0 Å². The monoisotopic (exact) mass is 365 g/mol. The third kappa shape index (κ3) is 5.03. The van der Waals surface area contributed by atoms with E-state index in [0.717, 1.165) is 5.01 Å². The Hall–Kier alpha value is -1.95. The summed E-state index contributed by atoms with van der Waals surface area (Å²) in [5, 5.41) is 10.8. The number of alkyl halides is 3. The number of halogens is 3. The first-order valence-corrected chi connectivity index (χ1v) is 8.01. The number of carbonyl (C=O) groups excluding carboxylic acids is 1. The molecule has 0 aliphatic heterocycles. The summed E-state index contributed by atoms with van der Waals surface area (Å²) in [5.41, 5.74) is -2.24. The lowest BCUT2D eigenvalue weighted by atomic mass is 10.4. The maximum absolute atomic E-state index is 12.6. The molecule has 1 amide bonds. The van der Waals surface area contributed by atoms with Crippen LogP contribution in [-0.2, 0) is 17.4 Å². The number of hydrogen-bond donors (Lipinski definition) is 2. The van der Waals surface area contributed by atoms with Crippen LogP contribution < -0.4 is 10.9 Å². The average Bonchev–Trinajstić information content (AvgIpc) is 2.91. The number of hydrogen-bond acceptors (Lipinski definition) is 7. The van der Waals surface area contributed by atoms with Gasteiger partial charge < -0.3 is 4.98 Å². The number of anilines is 1. The summed E-state index contributed by atoms with van der Waals surface area (Å²) < 4.78 is 37.7. The van der Waals surface area contributed by atoms with Gasteiger partial charge in [-0.3, -0.25) is 14.9 Å². The van der Waals surface area contributed by atoms with Gasteiger partial charge in [-0.25, -0.2) is 4.98 Å². The number of aromatic amines is 1. The molecular weight excluding hydrogens is 355 g/mol. The first-order valence-electron chi connectivity index (χ1n) is 6.21. The molecule has 0 unspecified atom stereocenters. The molecule has 0 spiro atoms. The first kappa shape index (κ1) is 17.4. The number of rotatable bonds is 5. The smallest absolute Gasteiger partial charge is 0.301 e. The number of thioether (sulfide) groups is 1. The molecule has 0 saturated carbocycles. The molecule has 2 N–H and O–H groups in total. The summed E-state index contributed by atoms with van der Waals surface area (Å²) in [5.74, 6) is -0.723. The fourth-order valence-electron chi connectivity index (χ4n) is 1.39. The van der Waals surface area contributed by atoms with Crippen molar-refractivity contribution in [2.75, 3.05) is 11.1 Å². The second kappa shape index (κ2) is 7.08. The number of nitrogens with zero attached hydrogens (tertiary/aromatic N) is 3. The van der Waals surface area contributed by atoms with Gasteiger partial charge in [0.05, 0.1) is 5.75 Å². The van der Waals surface area contributed by atoms with Crippen LogP contribution in [0.3, 0.4) is 0 Å². The standard InChI is InChI=1S/C11H10F3N5O2S2/c1-2-8-18-19-10(23-8)17-7(21)4-22-9-15-5(11(12,13)14)3-6(20)16-9/h3H,2,4H2,1H3,(H,15,16,20)(H,17,19,21). The molecule has 0 bridgehead atoms. The summed E-state index contributed by atoms with van der Waals surface area (Å²) in [6.07, 6.45) is -4.05. The maximum Gasteiger partial charge on any atom is 0.433 e. The van der Waals surface area contributed by atoms with E-state index in [0.29, 0.717) is 29.4 Å². The zero-order valence-electron chi connectivity index (χ0n) is 11.6. The molecule has 0 aliphatic carbocycles. The summed E-state index contributed by atoms with van der Waals surface area (Å²) >= 11 is 1.89. The molecule has 0 atom stereocenters. The van der Waals surface area contributed by atoms with Gasteiger partial charge in [-0.1, -0.05) is 30.0 Å². The zero-order chi connectivity index (χ0) is 17.0. The van der Waals surface area contributed by atoms with Crippen molar-refractivity contribution in [3.63, 3.8) is 0 Å². The van der Waals surface area contributed by atoms with Crippen molar-refractivity contribution in [2.45, 2.75) is 24.7 Å². The van der Waals surface area contributed by atoms with Crippen LogP contribution in [0.5, 0.6) is 0 Å². The van der Waals surface area contributed by atoms with E-state index in [4.69, 9.17) is 0 Å². The van der Waals surface area contributed by atoms with Crippen molar-refractivity contribution >= 4 is 34.1 Å². The number of aryl methyl sites for hydroxylation is 1. The Bertz CT molecular complexity index is 759. The number of nitrogens with one attached hydrogen (secondary N) is 2. The fourth-order valence-corrected chi connectivity index (χ4v) is 2.76. The highest BCUT2D eigenvalue weighted by atomic mass is 32.2. The maximum atomic E-state index is 12.6. The molecule has 7 nitrogen and oxygen atoms in total. The predicted octanol–water partition coefficient (Wildman–Crippen LogP) is 1.93. The van der Waals surface area contributed by atoms with Crippen LogP contribution in [0.25, 0.3) is 0 Å². The van der Waals surface area contributed by atoms with Gasteiger partial charge in [0.25, 0.3) is 5.56 Å². The van der Waals surface area contributed by atoms with Crippen molar-refractivity contribution in [3.05, 3.63) is 27.1 Å². The van der Waals surface area contributed by atoms with Crippen LogP contribution in [0, 0.1) is 0 Å². The van der Waals surface area contributed by atoms with Crippen LogP contribution >= 0.6 is 23.1 Å². The predicted molar refractivity (Wildman–Crippen MR) is 78.5 cm³/mol. The lowest BCUT2D eigenvalue weighted by Gasteiger charge is -2.06. The van der Waals surface area contributed by atoms with E-state index in [1.54, 1.807) is 0 Å². The second-order valence-corrected chi connectivity index (χ2v) is 6.15. The van der Waals surface area contributed by atoms with E-state index >= 15 is 0 Å². The van der Waals surface area contributed by atoms with Crippen molar-refractivity contribution in [1.82, 2.24) is 20.2 Å². The fraction of sp³-hybridized carbons (Fsp3) is 0.364. The van der Waals surface area contributed by atoms with Crippen molar-refractivity contribution in [1.29, 1.82) is 0 Å². The van der Waals surface area contributed by atoms with Gasteiger partial charge >= 0.3 is 6.18 Å². The van der Waals surface area contributed by atoms with Crippen LogP contribution in [0.4, 0.5) is 18.3 Å². The topological polar surface area (TPSA) is 101 Å². The zero-order valence-corrected chi connectivity index (χ0v) is 13.2. The Morgan fingerprint density at radius 2 is 2.17 bits per heavy atom. The molecule has 12 heteroatoms. The number of amides is 1. The number of H-pyrrole nitrogens is 1. The minimum atomic E-state index is -4.73. The van der Waals surface area contributed by atoms with Crippen LogP contribution in [-0.4, -0.2) is 31.8 Å². The van der Waals surface area contributed by atoms with Gasteiger partial charge in [-0.15, -0.1) is 10.2 Å². The van der Waals surface area contributed by atoms with Crippen molar-refractivity contribution in [3.8, 4) is 0 Å². The lowest BCUT2D eigenvalue weighted by Crippen LogP contribution is -2.18. The Labute approximate surface area is 135 Å². The molecule has 0 radical (unpaired) electrons. The highest BCUT2D eigenvalue weighted by Crippen LogP contribution is 2.27. The molecule has 2 heterocycles. The molecule has 0 saturated heterocycles. The molecule has 124 valence electrons. The van der Waals surface area contributed by atoms with E-state index in [2.05, 4.69) is 25.5 Å². The SMILES string of the molecule is CCc1nnc(NC(=O)CSc2nc(C(F)(F)F)cc(=O)[nH]2)s1. The van der Waals surface area contributed by atoms with E-state index in [1.807, 2.05) is 6.92 Å². The second-order valence-electron chi connectivity index (χ2n) is 4.12. The van der Waals surface area contributed by atoms with Crippen LogP contribution in [0.15, 0.2) is 16.0 Å². The molecule has 2 rings (SSSR count). The Morgan fingerprint density at radius 3 is 2.78 bits per heavy atom. The van der Waals surface area contributed by atoms with E-state index in [-0.39, 0.29) is 10.9 Å². The third-order valence-electron chi connectivity index (χ3n) is 2.37. The molecular formula is C11H10F3N5O2S2. The Kier molecular flexibility index (Phi) is 5.36. The van der Waals surface area contributed by atoms with E-state index < -0.39 is 23.3 Å². The van der Waals surface area contributed by atoms with Gasteiger partial charge in [0.2, 0.25) is 11.0 Å². The van der Waals surface area contributed by atoms with Crippen molar-refractivity contribution in [2.24, 2.45) is 0 Å². The number of carbonyl (C=O) groups is 1. The molecule has 0 aromatic carbocycles. The molecule has 23 heavy (non-hydrogen) atoms. The summed E-state index contributed by atoms with van der Waals surface area (Å²) in [6.45, 7) is 1.89. The molecule has 0 aliphatic rings. The number of aromatic nitrogens is 4. The molecule has 0 fully saturated rings. The third-order valence-corrected chi connectivity index (χ3v) is 4.22. The van der Waals surface area contributed by atoms with E-state index in [1.165, 1.54) is 11.3 Å². The summed E-state index contributed by atoms with van der Waals surface area (Å²) in [4.78, 5) is 28.3. The Balaban J connectivity index is 1.99. The highest BCUT2D eigenvalue weighted by Gasteiger charge is 2.33. The summed E-state index contributed by atoms with van der Waals surface area (Å²) in [6, 6.07) is 0.359. The minimum absolute atomic E-state index is 0.231. The largest absolute Gasteiger partial charge is 0.433 e. The van der Waals surface area contributed by atoms with Gasteiger partial charge in [0.15, 0.2) is 10.9 Å². The molecule has 2 aromatic rings. The van der Waals surface area contributed by atoms with Gasteiger partial charge in [-0.2, -0.15) is 13.2 Å². The van der Waals surface area contributed by atoms with E-state index in [9.17, 15) is 22.8 Å². The average molecular weight is 365 g/mol.